The number of H-pyrrole nitrogens is 1. The molecule has 0 spiro atoms. The van der Waals surface area contributed by atoms with E-state index in [4.69, 9.17) is 4.98 Å². The zero-order chi connectivity index (χ0) is 28.8. The van der Waals surface area contributed by atoms with Crippen molar-refractivity contribution < 1.29 is 9.18 Å². The Kier molecular flexibility index (Phi) is 8.28. The van der Waals surface area contributed by atoms with Crippen molar-refractivity contribution in [2.24, 2.45) is 5.92 Å². The van der Waals surface area contributed by atoms with Crippen LogP contribution in [0.25, 0.3) is 22.6 Å². The first kappa shape index (κ1) is 27.4. The predicted octanol–water partition coefficient (Wildman–Crippen LogP) is 6.68. The highest BCUT2D eigenvalue weighted by Crippen LogP contribution is 2.33. The first-order valence-corrected chi connectivity index (χ1v) is 13.3. The first-order valence-electron chi connectivity index (χ1n) is 13.3. The Morgan fingerprint density at radius 3 is 2.32 bits per heavy atom. The molecule has 5 rings (SSSR count). The summed E-state index contributed by atoms with van der Waals surface area (Å²) in [5.41, 5.74) is 5.44. The smallest absolute Gasteiger partial charge is 0.323 e. The van der Waals surface area contributed by atoms with E-state index in [-0.39, 0.29) is 11.8 Å². The van der Waals surface area contributed by atoms with Crippen molar-refractivity contribution in [1.82, 2.24) is 25.6 Å². The van der Waals surface area contributed by atoms with E-state index in [1.165, 1.54) is 12.1 Å². The van der Waals surface area contributed by atoms with Gasteiger partial charge in [0, 0.05) is 41.7 Å². The summed E-state index contributed by atoms with van der Waals surface area (Å²) < 4.78 is 13.6. The number of rotatable bonds is 9. The number of aromatic amines is 1. The molecule has 9 nitrogen and oxygen atoms in total. The minimum atomic E-state index is -0.377. The number of nitrogens with one attached hydrogen (secondary N) is 3. The minimum absolute atomic E-state index is 0.284. The number of aryl methyl sites for hydroxylation is 1. The summed E-state index contributed by atoms with van der Waals surface area (Å²) in [6.07, 6.45) is 0. The van der Waals surface area contributed by atoms with Gasteiger partial charge in [-0.05, 0) is 54.0 Å². The Balaban J connectivity index is 1.55. The van der Waals surface area contributed by atoms with Crippen molar-refractivity contribution in [2.45, 2.75) is 27.3 Å². The van der Waals surface area contributed by atoms with Crippen LogP contribution in [0, 0.1) is 18.7 Å². The van der Waals surface area contributed by atoms with Crippen LogP contribution in [-0.4, -0.2) is 38.2 Å². The highest BCUT2D eigenvalue weighted by Gasteiger charge is 2.18. The van der Waals surface area contributed by atoms with Crippen LogP contribution in [0.15, 0.2) is 84.9 Å². The van der Waals surface area contributed by atoms with E-state index in [2.05, 4.69) is 50.0 Å². The number of carbonyl (C=O) groups excluding carboxylic acids is 1. The fourth-order valence-corrected chi connectivity index (χ4v) is 4.49. The molecule has 2 heterocycles. The van der Waals surface area contributed by atoms with Crippen LogP contribution >= 0.6 is 0 Å². The summed E-state index contributed by atoms with van der Waals surface area (Å²) in [5, 5.41) is 20.4. The summed E-state index contributed by atoms with van der Waals surface area (Å²) in [7, 11) is 0. The van der Waals surface area contributed by atoms with Crippen LogP contribution in [0.1, 0.15) is 25.0 Å². The molecule has 208 valence electrons. The maximum Gasteiger partial charge on any atom is 0.323 e. The number of nitrogens with zero attached hydrogens (tertiary/aromatic N) is 5. The molecule has 0 fully saturated rings. The van der Waals surface area contributed by atoms with Gasteiger partial charge in [-0.2, -0.15) is 5.21 Å². The molecule has 0 aliphatic heterocycles. The van der Waals surface area contributed by atoms with Crippen molar-refractivity contribution in [2.75, 3.05) is 22.1 Å². The fraction of sp³-hybridized carbons (Fsp3) is 0.194. The van der Waals surface area contributed by atoms with Crippen LogP contribution in [0.4, 0.5) is 26.4 Å². The lowest BCUT2D eigenvalue weighted by Gasteiger charge is -2.27. The molecule has 0 aliphatic carbocycles. The molecule has 0 unspecified atom stereocenters. The van der Waals surface area contributed by atoms with Gasteiger partial charge < -0.3 is 15.5 Å². The van der Waals surface area contributed by atoms with Gasteiger partial charge >= 0.3 is 6.03 Å². The monoisotopic (exact) mass is 550 g/mol. The Hall–Kier alpha value is -5.12. The number of tetrazole rings is 1. The average Bonchev–Trinajstić information content (AvgIpc) is 3.50. The Morgan fingerprint density at radius 2 is 1.63 bits per heavy atom. The largest absolute Gasteiger partial charge is 0.352 e. The van der Waals surface area contributed by atoms with Gasteiger partial charge in [-0.25, -0.2) is 14.2 Å². The summed E-state index contributed by atoms with van der Waals surface area (Å²) in [6.45, 7) is 7.44. The zero-order valence-electron chi connectivity index (χ0n) is 23.1. The number of amides is 2. The van der Waals surface area contributed by atoms with Crippen LogP contribution in [0.2, 0.25) is 0 Å². The van der Waals surface area contributed by atoms with Crippen LogP contribution in [-0.2, 0) is 6.54 Å². The molecular weight excluding hydrogens is 519 g/mol. The maximum absolute atomic E-state index is 13.6. The number of halogens is 1. The second-order valence-electron chi connectivity index (χ2n) is 10.2. The van der Waals surface area contributed by atoms with E-state index in [0.717, 1.165) is 22.3 Å². The van der Waals surface area contributed by atoms with Gasteiger partial charge in [0.1, 0.15) is 11.6 Å². The van der Waals surface area contributed by atoms with Crippen LogP contribution < -0.4 is 15.5 Å². The number of hydrogen-bond acceptors (Lipinski definition) is 6. The highest BCUT2D eigenvalue weighted by molar-refractivity contribution is 6.00. The molecular formula is C31H31FN8O. The van der Waals surface area contributed by atoms with E-state index >= 15 is 0 Å². The third-order valence-electron chi connectivity index (χ3n) is 6.36. The summed E-state index contributed by atoms with van der Waals surface area (Å²) >= 11 is 0. The Bertz CT molecular complexity index is 1600. The third-order valence-corrected chi connectivity index (χ3v) is 6.36. The molecule has 3 aromatic carbocycles. The van der Waals surface area contributed by atoms with Gasteiger partial charge in [0.15, 0.2) is 0 Å². The maximum atomic E-state index is 13.6. The lowest BCUT2D eigenvalue weighted by molar-refractivity contribution is 0.262. The van der Waals surface area contributed by atoms with E-state index in [1.54, 1.807) is 12.1 Å². The van der Waals surface area contributed by atoms with Gasteiger partial charge in [-0.3, -0.25) is 0 Å². The van der Waals surface area contributed by atoms with Crippen LogP contribution in [0.5, 0.6) is 0 Å². The van der Waals surface area contributed by atoms with Crippen molar-refractivity contribution in [3.05, 3.63) is 102 Å². The normalized spacial score (nSPS) is 11.0. The van der Waals surface area contributed by atoms with Gasteiger partial charge in [-0.1, -0.05) is 67.9 Å². The van der Waals surface area contributed by atoms with E-state index < -0.39 is 0 Å². The second-order valence-corrected chi connectivity index (χ2v) is 10.2. The molecule has 3 N–H and O–H groups in total. The molecule has 2 aromatic heterocycles. The number of urea groups is 1. The standard InChI is InChI=1S/C31H31FN8O/c1-20(2)18-40(19-22-10-12-23(32)13-11-22)29-17-25(34-31(41)33-24-14-8-21(3)9-15-24)16-28(35-29)26-6-4-5-7-27(26)30-36-38-39-37-30/h4-17,20H,18-19H2,1-3H3,(H2,33,34,35,41)(H,36,37,38,39). The van der Waals surface area contributed by atoms with Gasteiger partial charge in [0.25, 0.3) is 0 Å². The topological polar surface area (TPSA) is 112 Å². The summed E-state index contributed by atoms with van der Waals surface area (Å²) in [5.74, 6) is 1.13. The molecule has 41 heavy (non-hydrogen) atoms. The molecule has 0 radical (unpaired) electrons. The molecule has 0 atom stereocenters. The molecule has 5 aromatic rings. The van der Waals surface area contributed by atoms with Crippen molar-refractivity contribution >= 4 is 23.2 Å². The Morgan fingerprint density at radius 1 is 0.927 bits per heavy atom. The average molecular weight is 551 g/mol. The van der Waals surface area contributed by atoms with Crippen molar-refractivity contribution in [3.8, 4) is 22.6 Å². The van der Waals surface area contributed by atoms with Gasteiger partial charge in [0.2, 0.25) is 5.82 Å². The van der Waals surface area contributed by atoms with E-state index in [9.17, 15) is 9.18 Å². The van der Waals surface area contributed by atoms with Gasteiger partial charge in [0.05, 0.1) is 5.69 Å². The summed E-state index contributed by atoms with van der Waals surface area (Å²) in [6, 6.07) is 25.0. The van der Waals surface area contributed by atoms with Gasteiger partial charge in [-0.15, -0.1) is 10.2 Å². The number of carbonyl (C=O) groups is 1. The number of anilines is 3. The summed E-state index contributed by atoms with van der Waals surface area (Å²) in [4.78, 5) is 20.2. The van der Waals surface area contributed by atoms with E-state index in [0.29, 0.717) is 47.7 Å². The highest BCUT2D eigenvalue weighted by atomic mass is 19.1. The molecule has 0 saturated carbocycles. The molecule has 0 saturated heterocycles. The SMILES string of the molecule is Cc1ccc(NC(=O)Nc2cc(-c3ccccc3-c3nn[nH]n3)nc(N(Cc3ccc(F)cc3)CC(C)C)c2)cc1. The Labute approximate surface area is 237 Å². The number of hydrogen-bond donors (Lipinski definition) is 3. The lowest BCUT2D eigenvalue weighted by Crippen LogP contribution is -2.28. The third kappa shape index (κ3) is 7.10. The second kappa shape index (κ2) is 12.4. The number of benzene rings is 3. The minimum Gasteiger partial charge on any atom is -0.352 e. The molecule has 0 aliphatic rings. The fourth-order valence-electron chi connectivity index (χ4n) is 4.49. The number of pyridine rings is 1. The quantitative estimate of drug-likeness (QED) is 0.189. The zero-order valence-corrected chi connectivity index (χ0v) is 23.1. The molecule has 2 amide bonds. The molecule has 0 bridgehead atoms. The molecule has 10 heteroatoms. The first-order chi connectivity index (χ1) is 19.8. The van der Waals surface area contributed by atoms with Crippen LogP contribution in [0.3, 0.4) is 0 Å². The lowest BCUT2D eigenvalue weighted by atomic mass is 10.0. The van der Waals surface area contributed by atoms with Crippen molar-refractivity contribution in [3.63, 3.8) is 0 Å². The van der Waals surface area contributed by atoms with Crippen molar-refractivity contribution in [1.29, 1.82) is 0 Å². The predicted molar refractivity (Wildman–Crippen MR) is 159 cm³/mol. The number of aromatic nitrogens is 5. The van der Waals surface area contributed by atoms with E-state index in [1.807, 2.05) is 67.6 Å².